The minimum absolute atomic E-state index is 0.217. The fourth-order valence-corrected chi connectivity index (χ4v) is 3.12. The van der Waals surface area contributed by atoms with Crippen LogP contribution in [0.2, 0.25) is 0 Å². The number of hydrogen-bond donors (Lipinski definition) is 2. The van der Waals surface area contributed by atoms with Gasteiger partial charge in [0.25, 0.3) is 11.8 Å². The second-order valence-corrected chi connectivity index (χ2v) is 6.27. The van der Waals surface area contributed by atoms with Crippen LogP contribution in [-0.2, 0) is 0 Å². The third-order valence-corrected chi connectivity index (χ3v) is 4.45. The highest BCUT2D eigenvalue weighted by atomic mass is 16.2. The summed E-state index contributed by atoms with van der Waals surface area (Å²) >= 11 is 0. The molecule has 6 nitrogen and oxygen atoms in total. The summed E-state index contributed by atoms with van der Waals surface area (Å²) in [4.78, 5) is 33.5. The van der Waals surface area contributed by atoms with Crippen LogP contribution in [0.4, 0.5) is 0 Å². The Hall–Kier alpha value is -3.80. The third kappa shape index (κ3) is 3.53. The van der Waals surface area contributed by atoms with Gasteiger partial charge in [-0.1, -0.05) is 36.4 Å². The molecular formula is C22H18N4O2. The highest BCUT2D eigenvalue weighted by molar-refractivity contribution is 6.06. The van der Waals surface area contributed by atoms with E-state index < -0.39 is 0 Å². The van der Waals surface area contributed by atoms with Gasteiger partial charge in [0.1, 0.15) is 0 Å². The van der Waals surface area contributed by atoms with Crippen molar-refractivity contribution in [1.82, 2.24) is 20.6 Å². The zero-order valence-corrected chi connectivity index (χ0v) is 15.1. The lowest BCUT2D eigenvalue weighted by Gasteiger charge is -2.09. The van der Waals surface area contributed by atoms with E-state index in [1.165, 1.54) is 0 Å². The SMILES string of the molecule is O=C(NCCNC(=O)c1cccc2cccnc12)c1cccc2cccnc12. The number of nitrogens with one attached hydrogen (secondary N) is 2. The highest BCUT2D eigenvalue weighted by Crippen LogP contribution is 2.16. The molecule has 2 aromatic heterocycles. The Kier molecular flexibility index (Phi) is 4.93. The molecule has 0 fully saturated rings. The Bertz CT molecular complexity index is 1070. The highest BCUT2D eigenvalue weighted by Gasteiger charge is 2.12. The molecule has 0 saturated heterocycles. The average molecular weight is 370 g/mol. The van der Waals surface area contributed by atoms with Crippen molar-refractivity contribution in [3.8, 4) is 0 Å². The van der Waals surface area contributed by atoms with Crippen LogP contribution >= 0.6 is 0 Å². The monoisotopic (exact) mass is 370 g/mol. The summed E-state index contributed by atoms with van der Waals surface area (Å²) in [5.41, 5.74) is 2.35. The predicted molar refractivity (Wildman–Crippen MR) is 108 cm³/mol. The molecule has 4 aromatic rings. The van der Waals surface area contributed by atoms with Crippen LogP contribution in [0, 0.1) is 0 Å². The van der Waals surface area contributed by atoms with Crippen LogP contribution in [0.3, 0.4) is 0 Å². The zero-order chi connectivity index (χ0) is 19.3. The lowest BCUT2D eigenvalue weighted by molar-refractivity contribution is 0.0929. The minimum Gasteiger partial charge on any atom is -0.350 e. The van der Waals surface area contributed by atoms with Gasteiger partial charge >= 0.3 is 0 Å². The van der Waals surface area contributed by atoms with Gasteiger partial charge < -0.3 is 10.6 Å². The van der Waals surface area contributed by atoms with Gasteiger partial charge in [0.15, 0.2) is 0 Å². The van der Waals surface area contributed by atoms with E-state index in [-0.39, 0.29) is 11.8 Å². The molecule has 0 unspecified atom stereocenters. The van der Waals surface area contributed by atoms with Crippen molar-refractivity contribution in [3.05, 3.63) is 84.2 Å². The van der Waals surface area contributed by atoms with Crippen molar-refractivity contribution in [2.45, 2.75) is 0 Å². The van der Waals surface area contributed by atoms with Crippen LogP contribution < -0.4 is 10.6 Å². The van der Waals surface area contributed by atoms with Crippen molar-refractivity contribution in [2.75, 3.05) is 13.1 Å². The van der Waals surface area contributed by atoms with Gasteiger partial charge in [0.2, 0.25) is 0 Å². The van der Waals surface area contributed by atoms with Crippen LogP contribution in [0.15, 0.2) is 73.1 Å². The van der Waals surface area contributed by atoms with Crippen molar-refractivity contribution in [1.29, 1.82) is 0 Å². The van der Waals surface area contributed by atoms with E-state index in [4.69, 9.17) is 0 Å². The molecular weight excluding hydrogens is 352 g/mol. The number of benzene rings is 2. The zero-order valence-electron chi connectivity index (χ0n) is 15.1. The number of carbonyl (C=O) groups excluding carboxylic acids is 2. The predicted octanol–water partition coefficient (Wildman–Crippen LogP) is 2.94. The lowest BCUT2D eigenvalue weighted by atomic mass is 10.1. The van der Waals surface area contributed by atoms with Crippen molar-refractivity contribution in [2.24, 2.45) is 0 Å². The molecule has 28 heavy (non-hydrogen) atoms. The van der Waals surface area contributed by atoms with E-state index in [2.05, 4.69) is 20.6 Å². The third-order valence-electron chi connectivity index (χ3n) is 4.45. The minimum atomic E-state index is -0.217. The standard InChI is InChI=1S/C22H18N4O2/c27-21(17-9-1-5-15-7-3-11-23-19(15)17)25-13-14-26-22(28)18-10-2-6-16-8-4-12-24-20(16)18/h1-12H,13-14H2,(H,25,27)(H,26,28). The molecule has 0 spiro atoms. The maximum Gasteiger partial charge on any atom is 0.253 e. The largest absolute Gasteiger partial charge is 0.350 e. The van der Waals surface area contributed by atoms with Crippen LogP contribution in [0.25, 0.3) is 21.8 Å². The first-order valence-electron chi connectivity index (χ1n) is 8.98. The smallest absolute Gasteiger partial charge is 0.253 e. The Labute approximate surface area is 161 Å². The van der Waals surface area contributed by atoms with Crippen molar-refractivity contribution in [3.63, 3.8) is 0 Å². The van der Waals surface area contributed by atoms with Gasteiger partial charge in [-0.25, -0.2) is 0 Å². The maximum atomic E-state index is 12.5. The number of para-hydroxylation sites is 2. The lowest BCUT2D eigenvalue weighted by Crippen LogP contribution is -2.34. The second-order valence-electron chi connectivity index (χ2n) is 6.27. The molecule has 0 aliphatic carbocycles. The number of aromatic nitrogens is 2. The summed E-state index contributed by atoms with van der Waals surface area (Å²) in [5.74, 6) is -0.434. The van der Waals surface area contributed by atoms with Crippen LogP contribution in [0.1, 0.15) is 20.7 Å². The summed E-state index contributed by atoms with van der Waals surface area (Å²) in [5, 5.41) is 7.47. The molecule has 0 aliphatic rings. The fraction of sp³-hybridized carbons (Fsp3) is 0.0909. The van der Waals surface area contributed by atoms with E-state index in [1.54, 1.807) is 24.5 Å². The molecule has 6 heteroatoms. The Morgan fingerprint density at radius 3 is 1.54 bits per heavy atom. The molecule has 0 saturated carbocycles. The topological polar surface area (TPSA) is 84.0 Å². The normalized spacial score (nSPS) is 10.7. The summed E-state index contributed by atoms with van der Waals surface area (Å²) in [6.45, 7) is 0.623. The van der Waals surface area contributed by atoms with Crippen LogP contribution in [0.5, 0.6) is 0 Å². The number of fused-ring (bicyclic) bond motifs is 2. The number of pyridine rings is 2. The molecule has 0 bridgehead atoms. The number of amides is 2. The number of nitrogens with zero attached hydrogens (tertiary/aromatic N) is 2. The number of hydrogen-bond acceptors (Lipinski definition) is 4. The van der Waals surface area contributed by atoms with Gasteiger partial charge in [-0.15, -0.1) is 0 Å². The molecule has 0 aliphatic heterocycles. The quantitative estimate of drug-likeness (QED) is 0.529. The molecule has 4 rings (SSSR count). The van der Waals surface area contributed by atoms with Crippen molar-refractivity contribution >= 4 is 33.6 Å². The van der Waals surface area contributed by atoms with Gasteiger partial charge in [-0.3, -0.25) is 19.6 Å². The van der Waals surface area contributed by atoms with Crippen LogP contribution in [-0.4, -0.2) is 34.9 Å². The molecule has 2 aromatic carbocycles. The second kappa shape index (κ2) is 7.84. The average Bonchev–Trinajstić information content (AvgIpc) is 2.75. The molecule has 2 heterocycles. The molecule has 138 valence electrons. The summed E-state index contributed by atoms with van der Waals surface area (Å²) < 4.78 is 0. The molecule has 2 N–H and O–H groups in total. The first-order valence-corrected chi connectivity index (χ1v) is 8.98. The molecule has 2 amide bonds. The Morgan fingerprint density at radius 2 is 1.07 bits per heavy atom. The fourth-order valence-electron chi connectivity index (χ4n) is 3.12. The summed E-state index contributed by atoms with van der Waals surface area (Å²) in [6.07, 6.45) is 3.33. The first kappa shape index (κ1) is 17.6. The van der Waals surface area contributed by atoms with E-state index in [9.17, 15) is 9.59 Å². The Morgan fingerprint density at radius 1 is 0.643 bits per heavy atom. The summed E-state index contributed by atoms with van der Waals surface area (Å²) in [7, 11) is 0. The maximum absolute atomic E-state index is 12.5. The number of carbonyl (C=O) groups is 2. The van der Waals surface area contributed by atoms with E-state index in [1.807, 2.05) is 48.5 Å². The van der Waals surface area contributed by atoms with E-state index in [0.717, 1.165) is 10.8 Å². The van der Waals surface area contributed by atoms with Gasteiger partial charge in [0.05, 0.1) is 22.2 Å². The number of rotatable bonds is 5. The molecule has 0 atom stereocenters. The van der Waals surface area contributed by atoms with Crippen molar-refractivity contribution < 1.29 is 9.59 Å². The van der Waals surface area contributed by atoms with Gasteiger partial charge in [-0.2, -0.15) is 0 Å². The van der Waals surface area contributed by atoms with Gasteiger partial charge in [-0.05, 0) is 24.3 Å². The summed E-state index contributed by atoms with van der Waals surface area (Å²) in [6, 6.07) is 18.5. The van der Waals surface area contributed by atoms with Gasteiger partial charge in [0, 0.05) is 36.3 Å². The molecule has 0 radical (unpaired) electrons. The Balaban J connectivity index is 1.38. The first-order chi connectivity index (χ1) is 13.7. The van der Waals surface area contributed by atoms with E-state index in [0.29, 0.717) is 35.2 Å². The van der Waals surface area contributed by atoms with E-state index >= 15 is 0 Å².